The Morgan fingerprint density at radius 3 is 2.83 bits per heavy atom. The smallest absolute Gasteiger partial charge is 0.0648 e. The van der Waals surface area contributed by atoms with E-state index in [9.17, 15) is 0 Å². The van der Waals surface area contributed by atoms with Gasteiger partial charge in [0, 0.05) is 12.4 Å². The van der Waals surface area contributed by atoms with Crippen molar-refractivity contribution in [3.8, 4) is 5.69 Å². The van der Waals surface area contributed by atoms with Crippen LogP contribution < -0.4 is 0 Å². The summed E-state index contributed by atoms with van der Waals surface area (Å²) < 4.78 is 1.85. The molecule has 0 saturated heterocycles. The van der Waals surface area contributed by atoms with E-state index in [0.717, 1.165) is 5.69 Å². The number of hydrogen-bond donors (Lipinski definition) is 0. The minimum Gasteiger partial charge on any atom is -0.241 e. The van der Waals surface area contributed by atoms with Gasteiger partial charge in [0.05, 0.1) is 5.69 Å². The average Bonchev–Trinajstić information content (AvgIpc) is 2.56. The molecule has 2 nitrogen and oxygen atoms in total. The molecule has 1 aromatic carbocycles. The number of aryl methyl sites for hydroxylation is 1. The van der Waals surface area contributed by atoms with Gasteiger partial charge in [-0.15, -0.1) is 0 Å². The molecular weight excluding hydrogens is 148 g/mol. The van der Waals surface area contributed by atoms with Crippen molar-refractivity contribution in [3.63, 3.8) is 0 Å². The summed E-state index contributed by atoms with van der Waals surface area (Å²) in [5, 5.41) is 4.14. The predicted octanol–water partition coefficient (Wildman–Crippen LogP) is 2.18. The van der Waals surface area contributed by atoms with Crippen molar-refractivity contribution in [2.45, 2.75) is 6.92 Å². The number of hydrogen-bond acceptors (Lipinski definition) is 1. The molecule has 0 aliphatic carbocycles. The maximum Gasteiger partial charge on any atom is 0.0648 e. The molecule has 1 aromatic heterocycles. The summed E-state index contributed by atoms with van der Waals surface area (Å²) >= 11 is 0. The molecule has 0 fully saturated rings. The molecule has 0 bridgehead atoms. The van der Waals surface area contributed by atoms with Crippen molar-refractivity contribution in [3.05, 3.63) is 48.3 Å². The highest BCUT2D eigenvalue weighted by molar-refractivity contribution is 5.34. The molecule has 0 aliphatic heterocycles. The van der Waals surface area contributed by atoms with Crippen LogP contribution in [-0.2, 0) is 0 Å². The normalized spacial score (nSPS) is 10.1. The van der Waals surface area contributed by atoms with Crippen LogP contribution in [-0.4, -0.2) is 9.78 Å². The van der Waals surface area contributed by atoms with Gasteiger partial charge in [0.1, 0.15) is 0 Å². The fraction of sp³-hybridized carbons (Fsp3) is 0.100. The summed E-state index contributed by atoms with van der Waals surface area (Å²) in [5.41, 5.74) is 2.36. The third-order valence-electron chi connectivity index (χ3n) is 1.77. The van der Waals surface area contributed by atoms with Crippen LogP contribution in [0.4, 0.5) is 0 Å². The summed E-state index contributed by atoms with van der Waals surface area (Å²) in [6.07, 6.45) is 3.72. The lowest BCUT2D eigenvalue weighted by atomic mass is 10.2. The highest BCUT2D eigenvalue weighted by atomic mass is 15.3. The summed E-state index contributed by atoms with van der Waals surface area (Å²) in [6.45, 7) is 2.08. The molecule has 0 amide bonds. The van der Waals surface area contributed by atoms with E-state index >= 15 is 0 Å². The summed E-state index contributed by atoms with van der Waals surface area (Å²) in [4.78, 5) is 0. The number of aromatic nitrogens is 2. The lowest BCUT2D eigenvalue weighted by molar-refractivity contribution is 0.879. The van der Waals surface area contributed by atoms with Gasteiger partial charge >= 0.3 is 0 Å². The topological polar surface area (TPSA) is 17.8 Å². The lowest BCUT2D eigenvalue weighted by Crippen LogP contribution is -1.93. The molecule has 60 valence electrons. The van der Waals surface area contributed by atoms with Crippen LogP contribution >= 0.6 is 0 Å². The summed E-state index contributed by atoms with van der Waals surface area (Å²) in [7, 11) is 0. The average molecular weight is 158 g/mol. The molecule has 0 N–H and O–H groups in total. The fourth-order valence-electron chi connectivity index (χ4n) is 1.19. The Bertz CT molecular complexity index is 363. The molecule has 0 atom stereocenters. The van der Waals surface area contributed by atoms with Crippen LogP contribution in [0.25, 0.3) is 5.69 Å². The quantitative estimate of drug-likeness (QED) is 0.622. The van der Waals surface area contributed by atoms with E-state index in [-0.39, 0.29) is 0 Å². The van der Waals surface area contributed by atoms with Crippen LogP contribution in [0.1, 0.15) is 5.56 Å². The van der Waals surface area contributed by atoms with E-state index in [1.807, 2.05) is 29.1 Å². The van der Waals surface area contributed by atoms with Gasteiger partial charge in [0.25, 0.3) is 0 Å². The Hall–Kier alpha value is -1.57. The van der Waals surface area contributed by atoms with Crippen molar-refractivity contribution >= 4 is 0 Å². The van der Waals surface area contributed by atoms with E-state index < -0.39 is 0 Å². The van der Waals surface area contributed by atoms with Crippen LogP contribution in [0.5, 0.6) is 0 Å². The second kappa shape index (κ2) is 2.81. The molecule has 2 heteroatoms. The zero-order valence-electron chi connectivity index (χ0n) is 6.94. The third-order valence-corrected chi connectivity index (χ3v) is 1.77. The van der Waals surface area contributed by atoms with E-state index in [4.69, 9.17) is 0 Å². The van der Waals surface area contributed by atoms with E-state index in [1.165, 1.54) is 5.56 Å². The van der Waals surface area contributed by atoms with Crippen LogP contribution in [0.3, 0.4) is 0 Å². The first kappa shape index (κ1) is 7.10. The molecule has 1 heterocycles. The molecule has 0 unspecified atom stereocenters. The number of rotatable bonds is 1. The second-order valence-electron chi connectivity index (χ2n) is 2.79. The highest BCUT2D eigenvalue weighted by Gasteiger charge is 1.93. The Morgan fingerprint density at radius 2 is 2.17 bits per heavy atom. The van der Waals surface area contributed by atoms with E-state index in [1.54, 1.807) is 6.20 Å². The molecule has 0 radical (unpaired) electrons. The van der Waals surface area contributed by atoms with Gasteiger partial charge in [-0.05, 0) is 30.7 Å². The van der Waals surface area contributed by atoms with Gasteiger partial charge < -0.3 is 0 Å². The maximum atomic E-state index is 4.14. The predicted molar refractivity (Wildman–Crippen MR) is 48.3 cm³/mol. The molecule has 0 spiro atoms. The largest absolute Gasteiger partial charge is 0.241 e. The second-order valence-corrected chi connectivity index (χ2v) is 2.79. The molecule has 2 aromatic rings. The molecule has 0 aliphatic rings. The Morgan fingerprint density at radius 1 is 1.25 bits per heavy atom. The van der Waals surface area contributed by atoms with Gasteiger partial charge in [-0.25, -0.2) is 4.68 Å². The van der Waals surface area contributed by atoms with Crippen molar-refractivity contribution in [2.75, 3.05) is 0 Å². The van der Waals surface area contributed by atoms with Crippen LogP contribution in [0.15, 0.2) is 42.7 Å². The van der Waals surface area contributed by atoms with Gasteiger partial charge in [-0.1, -0.05) is 12.1 Å². The third kappa shape index (κ3) is 1.23. The Labute approximate surface area is 71.5 Å². The van der Waals surface area contributed by atoms with Crippen LogP contribution in [0, 0.1) is 6.92 Å². The van der Waals surface area contributed by atoms with Crippen molar-refractivity contribution in [1.29, 1.82) is 0 Å². The minimum absolute atomic E-state index is 1.11. The Balaban J connectivity index is 2.48. The van der Waals surface area contributed by atoms with Gasteiger partial charge in [-0.2, -0.15) is 5.10 Å². The Kier molecular flexibility index (Phi) is 1.67. The first-order valence-corrected chi connectivity index (χ1v) is 3.93. The lowest BCUT2D eigenvalue weighted by Gasteiger charge is -2.00. The standard InChI is InChI=1S/C10H10N2/c1-9-4-2-5-10(8-9)12-7-3-6-11-12/h2-8H,1H3. The maximum absolute atomic E-state index is 4.14. The van der Waals surface area contributed by atoms with Crippen LogP contribution in [0.2, 0.25) is 0 Å². The molecule has 2 rings (SSSR count). The minimum atomic E-state index is 1.11. The van der Waals surface area contributed by atoms with Crippen molar-refractivity contribution in [2.24, 2.45) is 0 Å². The van der Waals surface area contributed by atoms with Gasteiger partial charge in [0.15, 0.2) is 0 Å². The zero-order valence-corrected chi connectivity index (χ0v) is 6.94. The first-order chi connectivity index (χ1) is 5.86. The fourth-order valence-corrected chi connectivity index (χ4v) is 1.19. The number of nitrogens with zero attached hydrogens (tertiary/aromatic N) is 2. The molecule has 0 saturated carbocycles. The monoisotopic (exact) mass is 158 g/mol. The molecular formula is C10H10N2. The zero-order chi connectivity index (χ0) is 8.39. The summed E-state index contributed by atoms with van der Waals surface area (Å²) in [5.74, 6) is 0. The number of benzene rings is 1. The SMILES string of the molecule is Cc1cccc(-n2cccn2)c1. The van der Waals surface area contributed by atoms with E-state index in [0.29, 0.717) is 0 Å². The summed E-state index contributed by atoms with van der Waals surface area (Å²) in [6, 6.07) is 10.2. The first-order valence-electron chi connectivity index (χ1n) is 3.93. The highest BCUT2D eigenvalue weighted by Crippen LogP contribution is 2.07. The van der Waals surface area contributed by atoms with Crippen molar-refractivity contribution in [1.82, 2.24) is 9.78 Å². The van der Waals surface area contributed by atoms with Gasteiger partial charge in [0.2, 0.25) is 0 Å². The molecule has 12 heavy (non-hydrogen) atoms. The van der Waals surface area contributed by atoms with Gasteiger partial charge in [-0.3, -0.25) is 0 Å². The van der Waals surface area contributed by atoms with Crippen molar-refractivity contribution < 1.29 is 0 Å². The van der Waals surface area contributed by atoms with E-state index in [2.05, 4.69) is 24.2 Å².